The fraction of sp³-hybridized carbons (Fsp3) is 0. The van der Waals surface area contributed by atoms with E-state index < -0.39 is 4.92 Å². The van der Waals surface area contributed by atoms with Crippen LogP contribution in [0.25, 0.3) is 10.1 Å². The average molecular weight is 321 g/mol. The second kappa shape index (κ2) is 3.35. The number of phenolic OH excluding ortho intramolecular Hbond substituents is 1. The van der Waals surface area contributed by atoms with E-state index in [1.807, 2.05) is 22.6 Å². The molecule has 2 aromatic rings. The minimum absolute atomic E-state index is 0.0605. The molecule has 4 nitrogen and oxygen atoms in total. The average Bonchev–Trinajstić information content (AvgIpc) is 2.56. The lowest BCUT2D eigenvalue weighted by atomic mass is 10.2. The molecular formula is C8H4INO3S. The third kappa shape index (κ3) is 1.34. The molecule has 2 rings (SSSR count). The van der Waals surface area contributed by atoms with Crippen molar-refractivity contribution in [2.75, 3.05) is 0 Å². The van der Waals surface area contributed by atoms with Crippen molar-refractivity contribution in [3.05, 3.63) is 31.2 Å². The topological polar surface area (TPSA) is 63.4 Å². The number of hydrogen-bond acceptors (Lipinski definition) is 4. The summed E-state index contributed by atoms with van der Waals surface area (Å²) in [4.78, 5) is 10.2. The molecule has 72 valence electrons. The first kappa shape index (κ1) is 9.66. The molecular weight excluding hydrogens is 317 g/mol. The van der Waals surface area contributed by atoms with Gasteiger partial charge in [0.25, 0.3) is 5.69 Å². The maximum atomic E-state index is 10.7. The summed E-state index contributed by atoms with van der Waals surface area (Å²) in [6.07, 6.45) is 0. The molecule has 1 aromatic carbocycles. The Balaban J connectivity index is 2.90. The zero-order valence-electron chi connectivity index (χ0n) is 6.73. The minimum atomic E-state index is -0.430. The standard InChI is InChI=1S/C8H4INO3S/c9-4-1-2-6(11)8-7(4)5(3-14-8)10(12)13/h1-3,11H. The Morgan fingerprint density at radius 1 is 1.50 bits per heavy atom. The third-order valence-electron chi connectivity index (χ3n) is 1.83. The molecule has 0 amide bonds. The van der Waals surface area contributed by atoms with E-state index in [1.165, 1.54) is 16.7 Å². The summed E-state index contributed by atoms with van der Waals surface area (Å²) in [5, 5.41) is 22.1. The third-order valence-corrected chi connectivity index (χ3v) is 3.72. The van der Waals surface area contributed by atoms with E-state index >= 15 is 0 Å². The van der Waals surface area contributed by atoms with E-state index in [0.717, 1.165) is 3.57 Å². The van der Waals surface area contributed by atoms with Gasteiger partial charge in [-0.25, -0.2) is 0 Å². The summed E-state index contributed by atoms with van der Waals surface area (Å²) in [5.74, 6) is 0.0958. The van der Waals surface area contributed by atoms with Gasteiger partial charge in [0, 0.05) is 3.57 Å². The van der Waals surface area contributed by atoms with Gasteiger partial charge in [-0.3, -0.25) is 10.1 Å². The molecule has 0 fully saturated rings. The number of rotatable bonds is 1. The van der Waals surface area contributed by atoms with Crippen LogP contribution in [-0.2, 0) is 0 Å². The Hall–Kier alpha value is -0.890. The Morgan fingerprint density at radius 3 is 2.86 bits per heavy atom. The van der Waals surface area contributed by atoms with Gasteiger partial charge in [0.1, 0.15) is 5.75 Å². The van der Waals surface area contributed by atoms with Crippen molar-refractivity contribution in [1.29, 1.82) is 0 Å². The molecule has 0 aliphatic rings. The zero-order chi connectivity index (χ0) is 10.3. The lowest BCUT2D eigenvalue weighted by Gasteiger charge is -1.96. The summed E-state index contributed by atoms with van der Waals surface area (Å²) in [5.41, 5.74) is 0.0605. The van der Waals surface area contributed by atoms with Crippen LogP contribution < -0.4 is 0 Å². The van der Waals surface area contributed by atoms with Crippen molar-refractivity contribution in [3.8, 4) is 5.75 Å². The Labute approximate surface area is 96.5 Å². The van der Waals surface area contributed by atoms with E-state index in [9.17, 15) is 15.2 Å². The SMILES string of the molecule is O=[N+]([O-])c1csc2c(O)ccc(I)c12. The molecule has 0 spiro atoms. The maximum Gasteiger partial charge on any atom is 0.289 e. The number of halogens is 1. The fourth-order valence-corrected chi connectivity index (χ4v) is 3.08. The minimum Gasteiger partial charge on any atom is -0.506 e. The van der Waals surface area contributed by atoms with Gasteiger partial charge in [-0.15, -0.1) is 11.3 Å². The second-order valence-electron chi connectivity index (χ2n) is 2.65. The Morgan fingerprint density at radius 2 is 2.21 bits per heavy atom. The van der Waals surface area contributed by atoms with Crippen LogP contribution in [0.2, 0.25) is 0 Å². The lowest BCUT2D eigenvalue weighted by molar-refractivity contribution is -0.382. The van der Waals surface area contributed by atoms with Crippen LogP contribution in [0.1, 0.15) is 0 Å². The molecule has 1 aromatic heterocycles. The molecule has 0 aliphatic heterocycles. The van der Waals surface area contributed by atoms with Crippen LogP contribution in [0.5, 0.6) is 5.75 Å². The molecule has 0 saturated heterocycles. The van der Waals surface area contributed by atoms with Crippen molar-refractivity contribution in [3.63, 3.8) is 0 Å². The predicted octanol–water partition coefficient (Wildman–Crippen LogP) is 3.12. The number of aromatic hydroxyl groups is 1. The molecule has 1 heterocycles. The molecule has 14 heavy (non-hydrogen) atoms. The number of hydrogen-bond donors (Lipinski definition) is 1. The van der Waals surface area contributed by atoms with E-state index in [4.69, 9.17) is 0 Å². The highest BCUT2D eigenvalue weighted by Gasteiger charge is 2.18. The second-order valence-corrected chi connectivity index (χ2v) is 4.69. The zero-order valence-corrected chi connectivity index (χ0v) is 9.70. The van der Waals surface area contributed by atoms with Gasteiger partial charge in [0.2, 0.25) is 0 Å². The predicted molar refractivity (Wildman–Crippen MR) is 62.9 cm³/mol. The highest BCUT2D eigenvalue weighted by molar-refractivity contribution is 14.1. The number of nitrogens with zero attached hydrogens (tertiary/aromatic N) is 1. The Bertz CT molecular complexity index is 523. The number of nitro groups is 1. The molecule has 0 radical (unpaired) electrons. The van der Waals surface area contributed by atoms with E-state index in [1.54, 1.807) is 12.1 Å². The largest absolute Gasteiger partial charge is 0.506 e. The highest BCUT2D eigenvalue weighted by Crippen LogP contribution is 2.39. The van der Waals surface area contributed by atoms with Gasteiger partial charge in [0.15, 0.2) is 0 Å². The summed E-state index contributed by atoms with van der Waals surface area (Å²) in [7, 11) is 0. The van der Waals surface area contributed by atoms with E-state index in [-0.39, 0.29) is 11.4 Å². The van der Waals surface area contributed by atoms with Crippen LogP contribution in [-0.4, -0.2) is 10.0 Å². The summed E-state index contributed by atoms with van der Waals surface area (Å²) in [6.45, 7) is 0. The van der Waals surface area contributed by atoms with E-state index in [2.05, 4.69) is 0 Å². The smallest absolute Gasteiger partial charge is 0.289 e. The van der Waals surface area contributed by atoms with Gasteiger partial charge in [0.05, 0.1) is 20.4 Å². The summed E-state index contributed by atoms with van der Waals surface area (Å²) in [6, 6.07) is 3.21. The normalized spacial score (nSPS) is 10.6. The molecule has 0 aliphatic carbocycles. The maximum absolute atomic E-state index is 10.7. The molecule has 0 unspecified atom stereocenters. The number of benzene rings is 1. The van der Waals surface area contributed by atoms with Crippen molar-refractivity contribution in [1.82, 2.24) is 0 Å². The first-order valence-electron chi connectivity index (χ1n) is 3.64. The van der Waals surface area contributed by atoms with Crippen LogP contribution >= 0.6 is 33.9 Å². The van der Waals surface area contributed by atoms with E-state index in [0.29, 0.717) is 10.1 Å². The van der Waals surface area contributed by atoms with Crippen molar-refractivity contribution < 1.29 is 10.0 Å². The number of phenols is 1. The molecule has 0 atom stereocenters. The van der Waals surface area contributed by atoms with Gasteiger partial charge in [-0.05, 0) is 34.7 Å². The van der Waals surface area contributed by atoms with Crippen LogP contribution in [0, 0.1) is 13.7 Å². The van der Waals surface area contributed by atoms with Gasteiger partial charge >= 0.3 is 0 Å². The molecule has 0 saturated carbocycles. The van der Waals surface area contributed by atoms with Gasteiger partial charge < -0.3 is 5.11 Å². The van der Waals surface area contributed by atoms with Crippen molar-refractivity contribution in [2.45, 2.75) is 0 Å². The van der Waals surface area contributed by atoms with Crippen LogP contribution in [0.4, 0.5) is 5.69 Å². The fourth-order valence-electron chi connectivity index (χ4n) is 1.21. The monoisotopic (exact) mass is 321 g/mol. The van der Waals surface area contributed by atoms with Crippen molar-refractivity contribution in [2.24, 2.45) is 0 Å². The summed E-state index contributed by atoms with van der Waals surface area (Å²) < 4.78 is 1.35. The van der Waals surface area contributed by atoms with Gasteiger partial charge in [-0.1, -0.05) is 0 Å². The van der Waals surface area contributed by atoms with Crippen molar-refractivity contribution >= 4 is 49.7 Å². The lowest BCUT2D eigenvalue weighted by Crippen LogP contribution is -1.86. The van der Waals surface area contributed by atoms with Gasteiger partial charge in [-0.2, -0.15) is 0 Å². The number of thiophene rings is 1. The molecule has 1 N–H and O–H groups in total. The number of fused-ring (bicyclic) bond motifs is 1. The quantitative estimate of drug-likeness (QED) is 0.499. The molecule has 6 heteroatoms. The summed E-state index contributed by atoms with van der Waals surface area (Å²) >= 11 is 3.21. The molecule has 0 bridgehead atoms. The van der Waals surface area contributed by atoms with Crippen LogP contribution in [0.3, 0.4) is 0 Å². The highest BCUT2D eigenvalue weighted by atomic mass is 127. The first-order valence-corrected chi connectivity index (χ1v) is 5.60. The Kier molecular flexibility index (Phi) is 2.31. The van der Waals surface area contributed by atoms with Crippen LogP contribution in [0.15, 0.2) is 17.5 Å². The first-order chi connectivity index (χ1) is 6.61.